The summed E-state index contributed by atoms with van der Waals surface area (Å²) in [6.07, 6.45) is 3.51. The van der Waals surface area contributed by atoms with Gasteiger partial charge in [0.2, 0.25) is 64.0 Å². The van der Waals surface area contributed by atoms with Gasteiger partial charge in [-0.1, -0.05) is 84.3 Å². The van der Waals surface area contributed by atoms with Crippen LogP contribution in [0.5, 0.6) is 52.9 Å². The van der Waals surface area contributed by atoms with Gasteiger partial charge in [-0.15, -0.1) is 0 Å². The lowest BCUT2D eigenvalue weighted by molar-refractivity contribution is -0.386. The number of nitrogen functional groups attached to an aromatic ring is 3. The minimum Gasteiger partial charge on any atom is -0.480 e. The molecule has 0 aromatic carbocycles. The highest BCUT2D eigenvalue weighted by atomic mass is 35.5. The van der Waals surface area contributed by atoms with Gasteiger partial charge in [-0.25, -0.2) is 0 Å². The minimum absolute atomic E-state index is 0.0571. The number of aromatic nitrogens is 5. The first-order valence-electron chi connectivity index (χ1n) is 34.7. The number of alkyl halides is 9. The largest absolute Gasteiger partial charge is 0.486 e. The fourth-order valence-corrected chi connectivity index (χ4v) is 11.9. The number of nitrogens with two attached hydrogens (primary N) is 3. The summed E-state index contributed by atoms with van der Waals surface area (Å²) in [5.41, 5.74) is 17.7. The molecule has 1 aliphatic heterocycles. The Labute approximate surface area is 679 Å². The van der Waals surface area contributed by atoms with Crippen molar-refractivity contribution in [2.45, 2.75) is 134 Å². The molecule has 28 nitrogen and oxygen atoms in total. The molecule has 1 amide bonds. The zero-order valence-electron chi connectivity index (χ0n) is 65.2. The Morgan fingerprint density at radius 2 is 0.800 bits per heavy atom. The summed E-state index contributed by atoms with van der Waals surface area (Å²) in [7, 11) is 12.4. The SMILES string of the molecule is C=CC(=O)Cl.C=CC(=O)Nc1cc(/C=C/C2CCC(C(F)(F)F)CC2)c(OC)nc1OC.CC1(C)OB(/C=C/C2CCC(C(F)(F)F)CC2)OC1(C)C.COc1nc(N)c([N+](=O)[O-])cc1Cl.COc1nc(OC)c(/C=C/C2CCC(C(F)(F)F)CC2)cc1N.COc1nc(OC)c(Cl)cc1N.COc1nc(OC)c([N+](=O)[O-])cc1Cl. The van der Waals surface area contributed by atoms with Gasteiger partial charge >= 0.3 is 37.0 Å². The van der Waals surface area contributed by atoms with Gasteiger partial charge in [0.15, 0.2) is 0 Å². The van der Waals surface area contributed by atoms with Crippen molar-refractivity contribution >= 4 is 111 Å². The molecule has 0 atom stereocenters. The number of carbonyl (C=O) groups excluding carboxylic acids is 2. The zero-order chi connectivity index (χ0) is 87.1. The van der Waals surface area contributed by atoms with Crippen LogP contribution in [0.2, 0.25) is 15.1 Å². The van der Waals surface area contributed by atoms with Crippen molar-refractivity contribution in [1.29, 1.82) is 0 Å². The average Bonchev–Trinajstić information content (AvgIpc) is 1.64. The van der Waals surface area contributed by atoms with Crippen molar-refractivity contribution in [3.8, 4) is 52.9 Å². The summed E-state index contributed by atoms with van der Waals surface area (Å²) >= 11 is 21.7. The van der Waals surface area contributed by atoms with Gasteiger partial charge in [-0.05, 0) is 164 Å². The normalized spacial score (nSPS) is 18.8. The lowest BCUT2D eigenvalue weighted by Gasteiger charge is -2.32. The molecular formula is C73H93BCl4F9N11O17. The Balaban J connectivity index is 0.000000360. The molecule has 0 unspecified atom stereocenters. The lowest BCUT2D eigenvalue weighted by Crippen LogP contribution is -2.41. The number of nitrogens with zero attached hydrogens (tertiary/aromatic N) is 7. The van der Waals surface area contributed by atoms with Gasteiger partial charge in [0, 0.05) is 23.3 Å². The van der Waals surface area contributed by atoms with Gasteiger partial charge in [0.05, 0.1) is 114 Å². The third-order valence-electron chi connectivity index (χ3n) is 18.1. The summed E-state index contributed by atoms with van der Waals surface area (Å²) < 4.78 is 170. The Bertz CT molecular complexity index is 4110. The van der Waals surface area contributed by atoms with E-state index in [9.17, 15) is 69.3 Å². The minimum atomic E-state index is -4.12. The number of anilines is 4. The average molecular weight is 1720 g/mol. The predicted octanol–water partition coefficient (Wildman–Crippen LogP) is 18.4. The van der Waals surface area contributed by atoms with Crippen molar-refractivity contribution in [2.75, 3.05) is 86.5 Å². The van der Waals surface area contributed by atoms with Crippen molar-refractivity contribution < 1.29 is 111 Å². The van der Waals surface area contributed by atoms with E-state index in [0.29, 0.717) is 95.3 Å². The second kappa shape index (κ2) is 46.3. The number of amides is 1. The Hall–Kier alpha value is -9.50. The molecule has 6 heterocycles. The maximum atomic E-state index is 12.8. The van der Waals surface area contributed by atoms with Crippen LogP contribution >= 0.6 is 46.4 Å². The van der Waals surface area contributed by atoms with Crippen LogP contribution in [0.3, 0.4) is 0 Å². The van der Waals surface area contributed by atoms with E-state index in [2.05, 4.69) is 43.4 Å². The van der Waals surface area contributed by atoms with Crippen molar-refractivity contribution in [1.82, 2.24) is 24.9 Å². The van der Waals surface area contributed by atoms with Crippen molar-refractivity contribution in [3.05, 3.63) is 126 Å². The first-order chi connectivity index (χ1) is 53.7. The number of methoxy groups -OCH3 is 9. The van der Waals surface area contributed by atoms with Crippen LogP contribution < -0.4 is 65.1 Å². The number of nitro groups is 2. The molecule has 7 N–H and O–H groups in total. The molecule has 9 rings (SSSR count). The summed E-state index contributed by atoms with van der Waals surface area (Å²) in [5.74, 6) is -0.102. The molecule has 115 heavy (non-hydrogen) atoms. The second-order valence-electron chi connectivity index (χ2n) is 26.2. The van der Waals surface area contributed by atoms with E-state index in [0.717, 1.165) is 24.3 Å². The van der Waals surface area contributed by atoms with E-state index in [1.54, 1.807) is 24.3 Å². The van der Waals surface area contributed by atoms with E-state index >= 15 is 0 Å². The van der Waals surface area contributed by atoms with Crippen LogP contribution in [0.1, 0.15) is 116 Å². The third kappa shape index (κ3) is 31.6. The molecule has 42 heteroatoms. The molecule has 5 aromatic heterocycles. The van der Waals surface area contributed by atoms with Gasteiger partial charge in [0.25, 0.3) is 5.88 Å². The van der Waals surface area contributed by atoms with E-state index in [4.69, 9.17) is 116 Å². The summed E-state index contributed by atoms with van der Waals surface area (Å²) in [5, 5.41) is 23.5. The molecule has 0 bridgehead atoms. The Morgan fingerprint density at radius 3 is 1.15 bits per heavy atom. The lowest BCUT2D eigenvalue weighted by atomic mass is 9.79. The fourth-order valence-electron chi connectivity index (χ4n) is 11.2. The Kier molecular flexibility index (Phi) is 40.1. The number of halogens is 13. The van der Waals surface area contributed by atoms with Crippen LogP contribution in [-0.4, -0.2) is 147 Å². The third-order valence-corrected chi connectivity index (χ3v) is 19.1. The molecule has 4 aliphatic rings. The number of carbonyl (C=O) groups is 2. The van der Waals surface area contributed by atoms with Crippen LogP contribution in [0.25, 0.3) is 12.2 Å². The Morgan fingerprint density at radius 1 is 0.487 bits per heavy atom. The van der Waals surface area contributed by atoms with Crippen LogP contribution in [0, 0.1) is 55.7 Å². The van der Waals surface area contributed by atoms with Crippen LogP contribution in [-0.2, 0) is 18.9 Å². The fraction of sp³-hybridized carbons (Fsp3) is 0.493. The number of pyridine rings is 5. The number of rotatable bonds is 20. The number of hydrogen-bond donors (Lipinski definition) is 4. The van der Waals surface area contributed by atoms with Crippen LogP contribution in [0.4, 0.5) is 73.8 Å². The van der Waals surface area contributed by atoms with Gasteiger partial charge in [-0.2, -0.15) is 64.4 Å². The van der Waals surface area contributed by atoms with Gasteiger partial charge in [0.1, 0.15) is 20.8 Å². The molecule has 3 aliphatic carbocycles. The van der Waals surface area contributed by atoms with E-state index in [1.807, 2.05) is 51.9 Å². The first-order valence-corrected chi connectivity index (χ1v) is 36.3. The van der Waals surface area contributed by atoms with Gasteiger partial charge in [-0.3, -0.25) is 29.8 Å². The topological polar surface area (TPSA) is 376 Å². The first kappa shape index (κ1) is 99.7. The molecule has 4 fully saturated rings. The summed E-state index contributed by atoms with van der Waals surface area (Å²) in [6, 6.07) is 7.09. The number of nitrogens with one attached hydrogen (secondary N) is 1. The molecular weight excluding hydrogens is 1630 g/mol. The van der Waals surface area contributed by atoms with E-state index in [-0.39, 0.29) is 124 Å². The number of ether oxygens (including phenoxy) is 9. The van der Waals surface area contributed by atoms with Crippen molar-refractivity contribution in [3.63, 3.8) is 0 Å². The molecule has 5 aromatic rings. The molecule has 636 valence electrons. The maximum Gasteiger partial charge on any atom is 0.486 e. The second-order valence-corrected chi connectivity index (χ2v) is 27.8. The number of hydrogen-bond acceptors (Lipinski definition) is 25. The van der Waals surface area contributed by atoms with Crippen LogP contribution in [0.15, 0.2) is 79.8 Å². The highest BCUT2D eigenvalue weighted by Crippen LogP contribution is 2.45. The molecule has 0 radical (unpaired) electrons. The standard InChI is InChI=1S/C19H23F3N2O3.C16H21F3N2O2.C15H24BF3O2.C7H7ClN2O4.C7H9ClN2O2.C6H6ClN3O3.C3H3ClO/c1-4-16(25)23-15-11-13(17(26-2)24-18(15)27-3)8-5-12-6-9-14(10-7-12)19(20,21)22;1-22-14-11(9-13(20)15(21-14)23-2)6-3-10-4-7-12(8-5-10)16(17,18)19;1-13(2)14(3,4)21-16(20-13)10-9-11-5-7-12(8-6-11)15(17,18)19;1-13-6-4(8)3-5(10(11)12)7(9-6)14-2;1-11-6-4(8)3-5(9)7(10-6)12-2;1-13-6-3(7)2-4(10(11)12)5(8)9-6;1-2-3(4)5/h4-5,8,11-12,14H,1,6-7,9-10H2,2-3H3,(H,23,25);3,6,9-10,12H,4-5,7-8,20H2,1-2H3;9-12H,5-8H2,1-4H3;3H,1-2H3;3H,9H2,1-2H3;2H,1H3,(H2,8,9);2H,1H2/b8-5+;6-3+;10-9+;;;;. The highest BCUT2D eigenvalue weighted by molar-refractivity contribution is 6.66. The predicted molar refractivity (Wildman–Crippen MR) is 419 cm³/mol. The maximum absolute atomic E-state index is 12.8. The smallest absolute Gasteiger partial charge is 0.480 e. The summed E-state index contributed by atoms with van der Waals surface area (Å²) in [4.78, 5) is 60.2. The van der Waals surface area contributed by atoms with Gasteiger partial charge < -0.3 is 74.5 Å². The van der Waals surface area contributed by atoms with E-state index in [1.165, 1.54) is 70.1 Å². The zero-order valence-corrected chi connectivity index (χ0v) is 68.2. The number of allylic oxidation sites excluding steroid dienone is 4. The highest BCUT2D eigenvalue weighted by Gasteiger charge is 2.50. The molecule has 0 spiro atoms. The quantitative estimate of drug-likeness (QED) is 0.0140. The van der Waals surface area contributed by atoms with Crippen molar-refractivity contribution in [2.24, 2.45) is 35.5 Å². The van der Waals surface area contributed by atoms with E-state index < -0.39 is 64.4 Å². The molecule has 3 saturated carbocycles. The monoisotopic (exact) mass is 1720 g/mol. The molecule has 1 saturated heterocycles. The summed E-state index contributed by atoms with van der Waals surface area (Å²) in [6.45, 7) is 14.4.